The van der Waals surface area contributed by atoms with Gasteiger partial charge in [-0.05, 0) is 30.9 Å². The number of nitrogens with zero attached hydrogens (tertiary/aromatic N) is 5. The molecule has 2 aromatic heterocycles. The second kappa shape index (κ2) is 6.54. The molecule has 0 atom stereocenters. The van der Waals surface area contributed by atoms with Crippen LogP contribution in [0.3, 0.4) is 0 Å². The number of oxazole rings is 1. The monoisotopic (exact) mass is 340 g/mol. The van der Waals surface area contributed by atoms with Crippen molar-refractivity contribution >= 4 is 22.8 Å². The highest BCUT2D eigenvalue weighted by molar-refractivity contribution is 5.91. The maximum Gasteiger partial charge on any atom is 0.321 e. The molecule has 3 aromatic rings. The summed E-state index contributed by atoms with van der Waals surface area (Å²) in [5.74, 6) is 1.15. The summed E-state index contributed by atoms with van der Waals surface area (Å²) in [4.78, 5) is 18.6. The summed E-state index contributed by atoms with van der Waals surface area (Å²) in [5, 5.41) is 10.8. The first kappa shape index (κ1) is 15.6. The number of rotatable bonds is 3. The van der Waals surface area contributed by atoms with Crippen LogP contribution in [0.15, 0.2) is 35.0 Å². The van der Waals surface area contributed by atoms with Crippen molar-refractivity contribution in [1.82, 2.24) is 24.9 Å². The second-order valence-corrected chi connectivity index (χ2v) is 6.40. The molecule has 1 fully saturated rings. The van der Waals surface area contributed by atoms with E-state index in [1.165, 1.54) is 0 Å². The third-order valence-electron chi connectivity index (χ3n) is 4.57. The molecule has 1 aliphatic heterocycles. The van der Waals surface area contributed by atoms with Crippen LogP contribution in [0.5, 0.6) is 0 Å². The van der Waals surface area contributed by atoms with Crippen molar-refractivity contribution in [1.29, 1.82) is 0 Å². The third kappa shape index (κ3) is 3.47. The smallest absolute Gasteiger partial charge is 0.321 e. The highest BCUT2D eigenvalue weighted by Gasteiger charge is 2.23. The van der Waals surface area contributed by atoms with Gasteiger partial charge >= 0.3 is 6.03 Å². The summed E-state index contributed by atoms with van der Waals surface area (Å²) in [6, 6.07) is 5.44. The molecule has 1 saturated heterocycles. The normalized spacial score (nSPS) is 15.6. The number of anilines is 1. The van der Waals surface area contributed by atoms with Crippen LogP contribution < -0.4 is 5.32 Å². The van der Waals surface area contributed by atoms with Crippen LogP contribution in [0.4, 0.5) is 10.5 Å². The van der Waals surface area contributed by atoms with E-state index < -0.39 is 0 Å². The Hall–Kier alpha value is -2.90. The summed E-state index contributed by atoms with van der Waals surface area (Å²) in [6.07, 6.45) is 5.50. The number of benzene rings is 1. The number of piperidine rings is 1. The minimum atomic E-state index is -0.0743. The van der Waals surface area contributed by atoms with Gasteiger partial charge in [-0.1, -0.05) is 5.21 Å². The summed E-state index contributed by atoms with van der Waals surface area (Å²) in [7, 11) is 0. The van der Waals surface area contributed by atoms with E-state index >= 15 is 0 Å². The number of nitrogens with one attached hydrogen (secondary N) is 1. The van der Waals surface area contributed by atoms with Gasteiger partial charge in [-0.2, -0.15) is 0 Å². The molecule has 0 radical (unpaired) electrons. The average molecular weight is 340 g/mol. The van der Waals surface area contributed by atoms with E-state index in [0.29, 0.717) is 17.4 Å². The first-order chi connectivity index (χ1) is 12.2. The summed E-state index contributed by atoms with van der Waals surface area (Å²) in [6.45, 7) is 4.16. The van der Waals surface area contributed by atoms with E-state index in [0.717, 1.165) is 43.7 Å². The number of carbonyl (C=O) groups excluding carboxylic acids is 1. The van der Waals surface area contributed by atoms with Gasteiger partial charge in [-0.25, -0.2) is 9.78 Å². The Labute approximate surface area is 144 Å². The van der Waals surface area contributed by atoms with Gasteiger partial charge in [-0.3, -0.25) is 4.68 Å². The molecule has 0 aliphatic carbocycles. The molecule has 1 aromatic carbocycles. The number of fused-ring (bicyclic) bond motifs is 1. The lowest BCUT2D eigenvalue weighted by atomic mass is 9.97. The molecular formula is C17H20N6O2. The van der Waals surface area contributed by atoms with Gasteiger partial charge in [0.1, 0.15) is 5.52 Å². The van der Waals surface area contributed by atoms with Crippen molar-refractivity contribution in [2.24, 2.45) is 5.92 Å². The number of carbonyl (C=O) groups is 1. The number of aryl methyl sites for hydroxylation is 1. The van der Waals surface area contributed by atoms with Crippen molar-refractivity contribution in [2.45, 2.75) is 26.3 Å². The Bertz CT molecular complexity index is 865. The lowest BCUT2D eigenvalue weighted by Gasteiger charge is -2.31. The van der Waals surface area contributed by atoms with Crippen molar-refractivity contribution in [2.75, 3.05) is 18.4 Å². The van der Waals surface area contributed by atoms with E-state index in [1.54, 1.807) is 6.20 Å². The van der Waals surface area contributed by atoms with Crippen LogP contribution in [-0.4, -0.2) is 44.0 Å². The average Bonchev–Trinajstić information content (AvgIpc) is 3.23. The topological polar surface area (TPSA) is 89.1 Å². The highest BCUT2D eigenvalue weighted by atomic mass is 16.3. The van der Waals surface area contributed by atoms with Gasteiger partial charge in [0.15, 0.2) is 11.5 Å². The molecule has 3 heterocycles. The first-order valence-corrected chi connectivity index (χ1v) is 8.44. The Balaban J connectivity index is 1.33. The van der Waals surface area contributed by atoms with Crippen LogP contribution in [0, 0.1) is 12.8 Å². The largest absolute Gasteiger partial charge is 0.441 e. The number of hydrogen-bond donors (Lipinski definition) is 1. The summed E-state index contributed by atoms with van der Waals surface area (Å²) < 4.78 is 7.37. The zero-order valence-corrected chi connectivity index (χ0v) is 14.1. The molecule has 8 nitrogen and oxygen atoms in total. The predicted octanol–water partition coefficient (Wildman–Crippen LogP) is 2.67. The van der Waals surface area contributed by atoms with Gasteiger partial charge in [0, 0.05) is 44.5 Å². The molecular weight excluding hydrogens is 320 g/mol. The minimum absolute atomic E-state index is 0.0743. The molecule has 0 bridgehead atoms. The maximum atomic E-state index is 12.5. The molecule has 0 unspecified atom stereocenters. The van der Waals surface area contributed by atoms with Crippen LogP contribution in [-0.2, 0) is 6.54 Å². The zero-order valence-electron chi connectivity index (χ0n) is 14.1. The summed E-state index contributed by atoms with van der Waals surface area (Å²) >= 11 is 0. The number of amides is 2. The molecule has 130 valence electrons. The number of hydrogen-bond acceptors (Lipinski definition) is 5. The van der Waals surface area contributed by atoms with E-state index in [1.807, 2.05) is 40.9 Å². The van der Waals surface area contributed by atoms with Crippen molar-refractivity contribution in [3.05, 3.63) is 36.5 Å². The molecule has 0 saturated carbocycles. The molecule has 1 N–H and O–H groups in total. The Morgan fingerprint density at radius 3 is 2.96 bits per heavy atom. The van der Waals surface area contributed by atoms with Gasteiger partial charge in [0.2, 0.25) is 0 Å². The standard InChI is InChI=1S/C17H20N6O2/c1-12-19-15-3-2-14(10-16(15)25-12)20-17(24)22-7-4-13(5-8-22)11-23-9-6-18-21-23/h2-3,6,9-10,13H,4-5,7-8,11H2,1H3,(H,20,24). The maximum absolute atomic E-state index is 12.5. The van der Waals surface area contributed by atoms with Gasteiger partial charge in [0.05, 0.1) is 6.20 Å². The Kier molecular flexibility index (Phi) is 4.09. The van der Waals surface area contributed by atoms with Crippen molar-refractivity contribution in [3.8, 4) is 0 Å². The number of aromatic nitrogens is 4. The zero-order chi connectivity index (χ0) is 17.2. The molecule has 25 heavy (non-hydrogen) atoms. The first-order valence-electron chi connectivity index (χ1n) is 8.44. The van der Waals surface area contributed by atoms with Gasteiger partial charge in [0.25, 0.3) is 0 Å². The van der Waals surface area contributed by atoms with E-state index in [-0.39, 0.29) is 6.03 Å². The van der Waals surface area contributed by atoms with Crippen LogP contribution >= 0.6 is 0 Å². The predicted molar refractivity (Wildman–Crippen MR) is 92.1 cm³/mol. The number of likely N-dealkylation sites (tertiary alicyclic amines) is 1. The van der Waals surface area contributed by atoms with Gasteiger partial charge in [-0.15, -0.1) is 5.10 Å². The fourth-order valence-electron chi connectivity index (χ4n) is 3.23. The lowest BCUT2D eigenvalue weighted by Crippen LogP contribution is -2.41. The number of urea groups is 1. The second-order valence-electron chi connectivity index (χ2n) is 6.40. The molecule has 4 rings (SSSR count). The highest BCUT2D eigenvalue weighted by Crippen LogP contribution is 2.22. The van der Waals surface area contributed by atoms with Gasteiger partial charge < -0.3 is 14.6 Å². The molecule has 2 amide bonds. The molecule has 1 aliphatic rings. The quantitative estimate of drug-likeness (QED) is 0.792. The Morgan fingerprint density at radius 1 is 1.36 bits per heavy atom. The van der Waals surface area contributed by atoms with Crippen LogP contribution in [0.25, 0.3) is 11.1 Å². The fraction of sp³-hybridized carbons (Fsp3) is 0.412. The third-order valence-corrected chi connectivity index (χ3v) is 4.57. The van der Waals surface area contributed by atoms with Crippen LogP contribution in [0.2, 0.25) is 0 Å². The van der Waals surface area contributed by atoms with E-state index in [2.05, 4.69) is 20.6 Å². The molecule has 8 heteroatoms. The molecule has 0 spiro atoms. The SMILES string of the molecule is Cc1nc2ccc(NC(=O)N3CCC(Cn4ccnn4)CC3)cc2o1. The van der Waals surface area contributed by atoms with Crippen LogP contribution in [0.1, 0.15) is 18.7 Å². The Morgan fingerprint density at radius 2 is 2.20 bits per heavy atom. The minimum Gasteiger partial charge on any atom is -0.441 e. The summed E-state index contributed by atoms with van der Waals surface area (Å²) in [5.41, 5.74) is 2.20. The van der Waals surface area contributed by atoms with E-state index in [4.69, 9.17) is 4.42 Å². The van der Waals surface area contributed by atoms with Crippen molar-refractivity contribution in [3.63, 3.8) is 0 Å². The lowest BCUT2D eigenvalue weighted by molar-refractivity contribution is 0.175. The fourth-order valence-corrected chi connectivity index (χ4v) is 3.23. The van der Waals surface area contributed by atoms with E-state index in [9.17, 15) is 4.79 Å². The van der Waals surface area contributed by atoms with Crippen molar-refractivity contribution < 1.29 is 9.21 Å².